The lowest BCUT2D eigenvalue weighted by atomic mass is 9.91. The molecule has 4 heteroatoms. The molecule has 0 saturated heterocycles. The number of aryl methyl sites for hydroxylation is 1. The predicted molar refractivity (Wildman–Crippen MR) is 69.2 cm³/mol. The Morgan fingerprint density at radius 3 is 2.42 bits per heavy atom. The van der Waals surface area contributed by atoms with Crippen LogP contribution in [0.5, 0.6) is 0 Å². The molecule has 0 heterocycles. The molecule has 0 aromatic heterocycles. The number of hydrogen-bond donors (Lipinski definition) is 0. The second kappa shape index (κ2) is 6.22. The van der Waals surface area contributed by atoms with Crippen molar-refractivity contribution < 1.29 is 18.0 Å². The standard InChI is InChI=1S/C15H19F3O/c1-4-5-6-10(2)14(19)13-8-7-12(9-11(13)3)15(16,17)18/h7-10H,4-6H2,1-3H3. The summed E-state index contributed by atoms with van der Waals surface area (Å²) in [6.07, 6.45) is -1.63. The third-order valence-electron chi connectivity index (χ3n) is 3.26. The molecule has 0 N–H and O–H groups in total. The van der Waals surface area contributed by atoms with Crippen molar-refractivity contribution in [2.75, 3.05) is 0 Å². The van der Waals surface area contributed by atoms with Crippen LogP contribution in [0.3, 0.4) is 0 Å². The fourth-order valence-electron chi connectivity index (χ4n) is 2.02. The molecule has 1 unspecified atom stereocenters. The Morgan fingerprint density at radius 1 is 1.32 bits per heavy atom. The zero-order chi connectivity index (χ0) is 14.6. The van der Waals surface area contributed by atoms with Gasteiger partial charge in [-0.15, -0.1) is 0 Å². The zero-order valence-corrected chi connectivity index (χ0v) is 11.5. The minimum Gasteiger partial charge on any atom is -0.294 e. The van der Waals surface area contributed by atoms with Crippen LogP contribution in [0.4, 0.5) is 13.2 Å². The van der Waals surface area contributed by atoms with E-state index in [1.165, 1.54) is 6.07 Å². The van der Waals surface area contributed by atoms with Crippen molar-refractivity contribution in [1.82, 2.24) is 0 Å². The zero-order valence-electron chi connectivity index (χ0n) is 11.5. The second-order valence-electron chi connectivity index (χ2n) is 4.93. The van der Waals surface area contributed by atoms with Gasteiger partial charge in [-0.25, -0.2) is 0 Å². The van der Waals surface area contributed by atoms with Crippen molar-refractivity contribution in [2.45, 2.75) is 46.2 Å². The van der Waals surface area contributed by atoms with Gasteiger partial charge in [-0.05, 0) is 31.0 Å². The van der Waals surface area contributed by atoms with Crippen LogP contribution in [0, 0.1) is 12.8 Å². The van der Waals surface area contributed by atoms with Gasteiger partial charge < -0.3 is 0 Å². The number of halogens is 3. The highest BCUT2D eigenvalue weighted by atomic mass is 19.4. The van der Waals surface area contributed by atoms with E-state index in [1.54, 1.807) is 6.92 Å². The quantitative estimate of drug-likeness (QED) is 0.687. The Morgan fingerprint density at radius 2 is 1.95 bits per heavy atom. The van der Waals surface area contributed by atoms with Crippen molar-refractivity contribution in [3.8, 4) is 0 Å². The summed E-state index contributed by atoms with van der Waals surface area (Å²) in [6.45, 7) is 5.42. The first-order valence-corrected chi connectivity index (χ1v) is 6.49. The van der Waals surface area contributed by atoms with Gasteiger partial charge in [-0.1, -0.05) is 32.8 Å². The Kier molecular flexibility index (Phi) is 5.15. The Labute approximate surface area is 111 Å². The molecule has 1 atom stereocenters. The maximum atomic E-state index is 12.5. The first kappa shape index (κ1) is 15.7. The highest BCUT2D eigenvalue weighted by Crippen LogP contribution is 2.31. The van der Waals surface area contributed by atoms with Crippen LogP contribution in [0.25, 0.3) is 0 Å². The Balaban J connectivity index is 2.93. The van der Waals surface area contributed by atoms with Gasteiger partial charge in [0.15, 0.2) is 5.78 Å². The van der Waals surface area contributed by atoms with Gasteiger partial charge in [0.05, 0.1) is 5.56 Å². The molecular weight excluding hydrogens is 253 g/mol. The Bertz CT molecular complexity index is 449. The summed E-state index contributed by atoms with van der Waals surface area (Å²) in [5, 5.41) is 0. The minimum atomic E-state index is -4.36. The summed E-state index contributed by atoms with van der Waals surface area (Å²) in [6, 6.07) is 3.31. The van der Waals surface area contributed by atoms with Crippen LogP contribution >= 0.6 is 0 Å². The molecule has 1 aromatic carbocycles. The van der Waals surface area contributed by atoms with Crippen LogP contribution in [-0.4, -0.2) is 5.78 Å². The number of benzene rings is 1. The van der Waals surface area contributed by atoms with E-state index in [-0.39, 0.29) is 11.7 Å². The third kappa shape index (κ3) is 4.08. The molecule has 0 aliphatic carbocycles. The van der Waals surface area contributed by atoms with Crippen LogP contribution in [0.2, 0.25) is 0 Å². The maximum absolute atomic E-state index is 12.5. The number of rotatable bonds is 5. The van der Waals surface area contributed by atoms with Crippen molar-refractivity contribution in [1.29, 1.82) is 0 Å². The third-order valence-corrected chi connectivity index (χ3v) is 3.26. The number of unbranched alkanes of at least 4 members (excludes halogenated alkanes) is 1. The second-order valence-corrected chi connectivity index (χ2v) is 4.93. The van der Waals surface area contributed by atoms with Gasteiger partial charge in [0.2, 0.25) is 0 Å². The highest BCUT2D eigenvalue weighted by molar-refractivity contribution is 5.98. The SMILES string of the molecule is CCCCC(C)C(=O)c1ccc(C(F)(F)F)cc1C. The molecule has 0 amide bonds. The summed E-state index contributed by atoms with van der Waals surface area (Å²) in [7, 11) is 0. The van der Waals surface area contributed by atoms with Gasteiger partial charge in [-0.2, -0.15) is 13.2 Å². The molecule has 0 aliphatic heterocycles. The lowest BCUT2D eigenvalue weighted by Crippen LogP contribution is -2.14. The monoisotopic (exact) mass is 272 g/mol. The molecular formula is C15H19F3O. The molecule has 0 spiro atoms. The van der Waals surface area contributed by atoms with Gasteiger partial charge >= 0.3 is 6.18 Å². The largest absolute Gasteiger partial charge is 0.416 e. The van der Waals surface area contributed by atoms with E-state index in [1.807, 2.05) is 13.8 Å². The van der Waals surface area contributed by atoms with Gasteiger partial charge in [0, 0.05) is 11.5 Å². The fraction of sp³-hybridized carbons (Fsp3) is 0.533. The average molecular weight is 272 g/mol. The summed E-state index contributed by atoms with van der Waals surface area (Å²) >= 11 is 0. The number of alkyl halides is 3. The first-order chi connectivity index (χ1) is 8.77. The normalized spacial score (nSPS) is 13.4. The molecule has 1 aromatic rings. The van der Waals surface area contributed by atoms with Crippen molar-refractivity contribution in [3.05, 3.63) is 34.9 Å². The van der Waals surface area contributed by atoms with Crippen molar-refractivity contribution in [2.24, 2.45) is 5.92 Å². The topological polar surface area (TPSA) is 17.1 Å². The number of ketones is 1. The number of carbonyl (C=O) groups excluding carboxylic acids is 1. The van der Waals surface area contributed by atoms with E-state index < -0.39 is 11.7 Å². The van der Waals surface area contributed by atoms with Crippen LogP contribution in [-0.2, 0) is 6.18 Å². The van der Waals surface area contributed by atoms with E-state index in [9.17, 15) is 18.0 Å². The van der Waals surface area contributed by atoms with Crippen molar-refractivity contribution >= 4 is 5.78 Å². The summed E-state index contributed by atoms with van der Waals surface area (Å²) in [5.41, 5.74) is 0.0857. The van der Waals surface area contributed by atoms with Crippen LogP contribution in [0.15, 0.2) is 18.2 Å². The van der Waals surface area contributed by atoms with E-state index in [0.717, 1.165) is 31.4 Å². The minimum absolute atomic E-state index is 0.0697. The fourth-order valence-corrected chi connectivity index (χ4v) is 2.02. The average Bonchev–Trinajstić information content (AvgIpc) is 2.33. The highest BCUT2D eigenvalue weighted by Gasteiger charge is 2.31. The summed E-state index contributed by atoms with van der Waals surface area (Å²) in [5.74, 6) is -0.213. The molecule has 19 heavy (non-hydrogen) atoms. The number of carbonyl (C=O) groups is 1. The molecule has 1 nitrogen and oxygen atoms in total. The van der Waals surface area contributed by atoms with Crippen molar-refractivity contribution in [3.63, 3.8) is 0 Å². The van der Waals surface area contributed by atoms with Crippen LogP contribution < -0.4 is 0 Å². The maximum Gasteiger partial charge on any atom is 0.416 e. The molecule has 0 bridgehead atoms. The molecule has 1 rings (SSSR count). The Hall–Kier alpha value is -1.32. The molecule has 0 radical (unpaired) electrons. The summed E-state index contributed by atoms with van der Waals surface area (Å²) in [4.78, 5) is 12.2. The number of Topliss-reactive ketones (excluding diaryl/α,β-unsaturated/α-hetero) is 1. The smallest absolute Gasteiger partial charge is 0.294 e. The van der Waals surface area contributed by atoms with E-state index in [0.29, 0.717) is 11.1 Å². The van der Waals surface area contributed by atoms with Gasteiger partial charge in [0.1, 0.15) is 0 Å². The lowest BCUT2D eigenvalue weighted by molar-refractivity contribution is -0.137. The van der Waals surface area contributed by atoms with E-state index in [2.05, 4.69) is 0 Å². The molecule has 0 aliphatic rings. The van der Waals surface area contributed by atoms with E-state index >= 15 is 0 Å². The van der Waals surface area contributed by atoms with E-state index in [4.69, 9.17) is 0 Å². The van der Waals surface area contributed by atoms with Crippen LogP contribution in [0.1, 0.15) is 54.6 Å². The number of hydrogen-bond acceptors (Lipinski definition) is 1. The van der Waals surface area contributed by atoms with Gasteiger partial charge in [-0.3, -0.25) is 4.79 Å². The summed E-state index contributed by atoms with van der Waals surface area (Å²) < 4.78 is 37.6. The van der Waals surface area contributed by atoms with Gasteiger partial charge in [0.25, 0.3) is 0 Å². The predicted octanol–water partition coefficient (Wildman–Crippen LogP) is 5.02. The lowest BCUT2D eigenvalue weighted by Gasteiger charge is -2.14. The first-order valence-electron chi connectivity index (χ1n) is 6.49. The molecule has 106 valence electrons. The molecule has 0 saturated carbocycles. The molecule has 0 fully saturated rings.